The minimum Gasteiger partial charge on any atom is -0.491 e. The standard InChI is InChI=1S/C14H17N3O2S/c1-9-10(2)20-14(16-9)17-13(18)7-8-19-12-6-4-3-5-11(12)15/h3-6H,7-8,15H2,1-2H3,(H,16,17,18). The number of nitrogens with two attached hydrogens (primary N) is 1. The maximum absolute atomic E-state index is 11.8. The molecule has 1 heterocycles. The first-order valence-corrected chi connectivity index (χ1v) is 7.09. The summed E-state index contributed by atoms with van der Waals surface area (Å²) >= 11 is 1.47. The van der Waals surface area contributed by atoms with E-state index in [0.29, 0.717) is 16.6 Å². The Morgan fingerprint density at radius 1 is 1.40 bits per heavy atom. The van der Waals surface area contributed by atoms with Crippen LogP contribution in [0.4, 0.5) is 10.8 Å². The SMILES string of the molecule is Cc1nc(NC(=O)CCOc2ccccc2N)sc1C. The molecule has 0 aliphatic carbocycles. The zero-order valence-electron chi connectivity index (χ0n) is 11.5. The van der Waals surface area contributed by atoms with Crippen molar-refractivity contribution < 1.29 is 9.53 Å². The van der Waals surface area contributed by atoms with Crippen LogP contribution in [-0.4, -0.2) is 17.5 Å². The summed E-state index contributed by atoms with van der Waals surface area (Å²) in [5, 5.41) is 3.39. The number of thiazole rings is 1. The third-order valence-electron chi connectivity index (χ3n) is 2.78. The molecular formula is C14H17N3O2S. The van der Waals surface area contributed by atoms with Crippen molar-refractivity contribution in [3.63, 3.8) is 0 Å². The monoisotopic (exact) mass is 291 g/mol. The summed E-state index contributed by atoms with van der Waals surface area (Å²) in [5.74, 6) is 0.481. The molecule has 0 bridgehead atoms. The molecule has 106 valence electrons. The van der Waals surface area contributed by atoms with Crippen molar-refractivity contribution in [1.29, 1.82) is 0 Å². The fourth-order valence-corrected chi connectivity index (χ4v) is 2.40. The lowest BCUT2D eigenvalue weighted by Gasteiger charge is -2.08. The number of aryl methyl sites for hydroxylation is 2. The third-order valence-corrected chi connectivity index (χ3v) is 3.77. The van der Waals surface area contributed by atoms with Crippen LogP contribution >= 0.6 is 11.3 Å². The predicted molar refractivity (Wildman–Crippen MR) is 81.2 cm³/mol. The number of anilines is 2. The van der Waals surface area contributed by atoms with Crippen LogP contribution in [-0.2, 0) is 4.79 Å². The average Bonchev–Trinajstić information content (AvgIpc) is 2.70. The summed E-state index contributed by atoms with van der Waals surface area (Å²) in [7, 11) is 0. The van der Waals surface area contributed by atoms with Gasteiger partial charge in [0.2, 0.25) is 5.91 Å². The van der Waals surface area contributed by atoms with Gasteiger partial charge in [0.1, 0.15) is 5.75 Å². The van der Waals surface area contributed by atoms with Gasteiger partial charge in [0.25, 0.3) is 0 Å². The molecule has 0 unspecified atom stereocenters. The van der Waals surface area contributed by atoms with Crippen molar-refractivity contribution >= 4 is 28.1 Å². The van der Waals surface area contributed by atoms with E-state index in [0.717, 1.165) is 10.6 Å². The summed E-state index contributed by atoms with van der Waals surface area (Å²) in [6.07, 6.45) is 0.256. The van der Waals surface area contributed by atoms with Gasteiger partial charge in [0.15, 0.2) is 5.13 Å². The Bertz CT molecular complexity index is 591. The molecule has 1 aromatic carbocycles. The zero-order chi connectivity index (χ0) is 14.5. The van der Waals surface area contributed by atoms with Crippen LogP contribution in [0.3, 0.4) is 0 Å². The molecule has 6 heteroatoms. The largest absolute Gasteiger partial charge is 0.491 e. The summed E-state index contributed by atoms with van der Waals surface area (Å²) in [6.45, 7) is 4.18. The average molecular weight is 291 g/mol. The third kappa shape index (κ3) is 3.71. The van der Waals surface area contributed by atoms with E-state index in [4.69, 9.17) is 10.5 Å². The molecule has 0 saturated heterocycles. The Hall–Kier alpha value is -2.08. The van der Waals surface area contributed by atoms with Crippen molar-refractivity contribution in [2.75, 3.05) is 17.7 Å². The molecule has 3 N–H and O–H groups in total. The van der Waals surface area contributed by atoms with Gasteiger partial charge in [0.05, 0.1) is 24.4 Å². The number of nitrogens with zero attached hydrogens (tertiary/aromatic N) is 1. The molecule has 0 radical (unpaired) electrons. The molecule has 2 aromatic rings. The van der Waals surface area contributed by atoms with E-state index in [1.54, 1.807) is 12.1 Å². The van der Waals surface area contributed by atoms with Crippen LogP contribution < -0.4 is 15.8 Å². The maximum Gasteiger partial charge on any atom is 0.229 e. The highest BCUT2D eigenvalue weighted by Gasteiger charge is 2.08. The van der Waals surface area contributed by atoms with Gasteiger partial charge in [-0.1, -0.05) is 12.1 Å². The normalized spacial score (nSPS) is 10.3. The molecular weight excluding hydrogens is 274 g/mol. The molecule has 0 aliphatic rings. The fraction of sp³-hybridized carbons (Fsp3) is 0.286. The predicted octanol–water partition coefficient (Wildman–Crippen LogP) is 2.75. The summed E-state index contributed by atoms with van der Waals surface area (Å²) in [4.78, 5) is 17.1. The van der Waals surface area contributed by atoms with Gasteiger partial charge < -0.3 is 15.8 Å². The Balaban J connectivity index is 1.80. The van der Waals surface area contributed by atoms with Crippen LogP contribution in [0.1, 0.15) is 17.0 Å². The van der Waals surface area contributed by atoms with Crippen molar-refractivity contribution in [2.24, 2.45) is 0 Å². The van der Waals surface area contributed by atoms with Gasteiger partial charge in [-0.25, -0.2) is 4.98 Å². The number of benzene rings is 1. The number of ether oxygens (including phenoxy) is 1. The van der Waals surface area contributed by atoms with Gasteiger partial charge in [-0.05, 0) is 26.0 Å². The van der Waals surface area contributed by atoms with Gasteiger partial charge in [-0.3, -0.25) is 4.79 Å². The van der Waals surface area contributed by atoms with Crippen LogP contribution in [0.25, 0.3) is 0 Å². The van der Waals surface area contributed by atoms with Crippen molar-refractivity contribution in [3.05, 3.63) is 34.8 Å². The number of nitrogens with one attached hydrogen (secondary N) is 1. The lowest BCUT2D eigenvalue weighted by molar-refractivity contribution is -0.116. The molecule has 0 saturated carbocycles. The van der Waals surface area contributed by atoms with Crippen molar-refractivity contribution in [3.8, 4) is 5.75 Å². The van der Waals surface area contributed by atoms with Crippen molar-refractivity contribution in [1.82, 2.24) is 4.98 Å². The second kappa shape index (κ2) is 6.38. The molecule has 0 fully saturated rings. The first-order valence-electron chi connectivity index (χ1n) is 6.27. The fourth-order valence-electron chi connectivity index (χ4n) is 1.57. The summed E-state index contributed by atoms with van der Waals surface area (Å²) < 4.78 is 5.47. The lowest BCUT2D eigenvalue weighted by Crippen LogP contribution is -2.15. The van der Waals surface area contributed by atoms with Gasteiger partial charge in [0, 0.05) is 4.88 Å². The number of rotatable bonds is 5. The van der Waals surface area contributed by atoms with E-state index in [9.17, 15) is 4.79 Å². The topological polar surface area (TPSA) is 77.2 Å². The van der Waals surface area contributed by atoms with E-state index in [-0.39, 0.29) is 18.9 Å². The smallest absolute Gasteiger partial charge is 0.229 e. The van der Waals surface area contributed by atoms with E-state index in [2.05, 4.69) is 10.3 Å². The van der Waals surface area contributed by atoms with E-state index in [1.807, 2.05) is 26.0 Å². The van der Waals surface area contributed by atoms with Crippen molar-refractivity contribution in [2.45, 2.75) is 20.3 Å². The van der Waals surface area contributed by atoms with E-state index >= 15 is 0 Å². The Labute approximate surface area is 121 Å². The molecule has 20 heavy (non-hydrogen) atoms. The van der Waals surface area contributed by atoms with Crippen LogP contribution in [0.15, 0.2) is 24.3 Å². The first-order chi connectivity index (χ1) is 9.56. The number of carbonyl (C=O) groups excluding carboxylic acids is 1. The first kappa shape index (κ1) is 14.3. The molecule has 2 rings (SSSR count). The van der Waals surface area contributed by atoms with Gasteiger partial charge >= 0.3 is 0 Å². The maximum atomic E-state index is 11.8. The van der Waals surface area contributed by atoms with E-state index in [1.165, 1.54) is 11.3 Å². The highest BCUT2D eigenvalue weighted by molar-refractivity contribution is 7.15. The van der Waals surface area contributed by atoms with Crippen LogP contribution in [0.5, 0.6) is 5.75 Å². The zero-order valence-corrected chi connectivity index (χ0v) is 12.3. The Kier molecular flexibility index (Phi) is 4.57. The minimum absolute atomic E-state index is 0.117. The quantitative estimate of drug-likeness (QED) is 0.830. The molecule has 1 amide bonds. The number of carbonyl (C=O) groups is 1. The molecule has 0 aliphatic heterocycles. The van der Waals surface area contributed by atoms with Gasteiger partial charge in [-0.15, -0.1) is 11.3 Å². The number of nitrogen functional groups attached to an aromatic ring is 1. The second-order valence-corrected chi connectivity index (χ2v) is 5.55. The highest BCUT2D eigenvalue weighted by atomic mass is 32.1. The Morgan fingerprint density at radius 3 is 2.80 bits per heavy atom. The molecule has 5 nitrogen and oxygen atoms in total. The molecule has 0 atom stereocenters. The minimum atomic E-state index is -0.117. The summed E-state index contributed by atoms with van der Waals surface area (Å²) in [6, 6.07) is 7.21. The van der Waals surface area contributed by atoms with E-state index < -0.39 is 0 Å². The number of amides is 1. The number of hydrogen-bond donors (Lipinski definition) is 2. The number of aromatic nitrogens is 1. The summed E-state index contributed by atoms with van der Waals surface area (Å²) in [5.41, 5.74) is 7.26. The number of hydrogen-bond acceptors (Lipinski definition) is 5. The van der Waals surface area contributed by atoms with Crippen LogP contribution in [0, 0.1) is 13.8 Å². The Morgan fingerprint density at radius 2 is 2.15 bits per heavy atom. The van der Waals surface area contributed by atoms with Crippen LogP contribution in [0.2, 0.25) is 0 Å². The highest BCUT2D eigenvalue weighted by Crippen LogP contribution is 2.22. The molecule has 1 aromatic heterocycles. The second-order valence-electron chi connectivity index (χ2n) is 4.35. The number of para-hydroxylation sites is 2. The lowest BCUT2D eigenvalue weighted by atomic mass is 10.3. The molecule has 0 spiro atoms. The van der Waals surface area contributed by atoms with Gasteiger partial charge in [-0.2, -0.15) is 0 Å².